The molecule has 0 bridgehead atoms. The van der Waals surface area contributed by atoms with Crippen LogP contribution in [0.2, 0.25) is 0 Å². The van der Waals surface area contributed by atoms with Crippen LogP contribution < -0.4 is 5.32 Å². The molecule has 0 aromatic heterocycles. The fourth-order valence-corrected chi connectivity index (χ4v) is 1.56. The lowest BCUT2D eigenvalue weighted by Crippen LogP contribution is -2.22. The summed E-state index contributed by atoms with van der Waals surface area (Å²) in [6.07, 6.45) is 2.47. The number of fused-ring (bicyclic) bond motifs is 1. The quantitative estimate of drug-likeness (QED) is 0.470. The fourth-order valence-electron chi connectivity index (χ4n) is 1.56. The van der Waals surface area contributed by atoms with Gasteiger partial charge in [-0.1, -0.05) is 0 Å². The Morgan fingerprint density at radius 2 is 2.56 bits per heavy atom. The van der Waals surface area contributed by atoms with Crippen LogP contribution in [0.3, 0.4) is 0 Å². The van der Waals surface area contributed by atoms with E-state index in [4.69, 9.17) is 0 Å². The second-order valence-electron chi connectivity index (χ2n) is 2.83. The molecule has 2 heteroatoms. The highest BCUT2D eigenvalue weighted by Crippen LogP contribution is 2.46. The molecule has 2 aliphatic rings. The van der Waals surface area contributed by atoms with Crippen molar-refractivity contribution in [2.24, 2.45) is 11.8 Å². The van der Waals surface area contributed by atoms with Gasteiger partial charge in [0.05, 0.1) is 5.70 Å². The van der Waals surface area contributed by atoms with Crippen molar-refractivity contribution in [1.29, 1.82) is 0 Å². The van der Waals surface area contributed by atoms with E-state index in [1.54, 1.807) is 0 Å². The first-order valence-corrected chi connectivity index (χ1v) is 3.40. The zero-order chi connectivity index (χ0) is 6.27. The normalized spacial score (nSPS) is 38.4. The summed E-state index contributed by atoms with van der Waals surface area (Å²) in [6, 6.07) is 0. The van der Waals surface area contributed by atoms with Crippen molar-refractivity contribution in [3.63, 3.8) is 0 Å². The summed E-state index contributed by atoms with van der Waals surface area (Å²) in [4.78, 5) is 10.2. The van der Waals surface area contributed by atoms with E-state index in [-0.39, 0.29) is 0 Å². The van der Waals surface area contributed by atoms with Gasteiger partial charge in [0.1, 0.15) is 5.94 Å². The highest BCUT2D eigenvalue weighted by atomic mass is 16.1. The first-order chi connectivity index (χ1) is 4.42. The summed E-state index contributed by atoms with van der Waals surface area (Å²) in [5.74, 6) is 3.34. The maximum Gasteiger partial charge on any atom is 0.145 e. The molecule has 0 aromatic carbocycles. The number of hydrogen-bond acceptors (Lipinski definition) is 2. The summed E-state index contributed by atoms with van der Waals surface area (Å²) in [6.45, 7) is 0.978. The van der Waals surface area contributed by atoms with Crippen molar-refractivity contribution in [1.82, 2.24) is 5.32 Å². The average molecular weight is 123 g/mol. The molecule has 1 aliphatic heterocycles. The minimum absolute atomic E-state index is 0.566. The topological polar surface area (TPSA) is 29.1 Å². The molecule has 1 saturated heterocycles. The van der Waals surface area contributed by atoms with E-state index in [1.165, 1.54) is 12.8 Å². The Hall–Kier alpha value is -0.750. The number of rotatable bonds is 0. The molecule has 0 spiro atoms. The molecule has 1 aliphatic carbocycles. The average Bonchev–Trinajstić information content (AvgIpc) is 2.64. The van der Waals surface area contributed by atoms with Gasteiger partial charge < -0.3 is 5.32 Å². The Balaban J connectivity index is 2.17. The number of allylic oxidation sites excluding steroid dienone is 1. The molecule has 1 heterocycles. The van der Waals surface area contributed by atoms with E-state index in [2.05, 4.69) is 5.32 Å². The van der Waals surface area contributed by atoms with E-state index in [0.717, 1.165) is 18.2 Å². The van der Waals surface area contributed by atoms with E-state index >= 15 is 0 Å². The van der Waals surface area contributed by atoms with Crippen molar-refractivity contribution in [3.8, 4) is 0 Å². The lowest BCUT2D eigenvalue weighted by molar-refractivity contribution is 0.537. The fraction of sp³-hybridized carbons (Fsp3) is 0.714. The van der Waals surface area contributed by atoms with Crippen LogP contribution in [0, 0.1) is 11.8 Å². The maximum absolute atomic E-state index is 10.2. The van der Waals surface area contributed by atoms with Gasteiger partial charge in [-0.25, -0.2) is 4.79 Å². The van der Waals surface area contributed by atoms with Gasteiger partial charge in [0.15, 0.2) is 0 Å². The Morgan fingerprint density at radius 3 is 3.22 bits per heavy atom. The van der Waals surface area contributed by atoms with E-state index in [0.29, 0.717) is 5.92 Å². The van der Waals surface area contributed by atoms with Gasteiger partial charge in [-0.3, -0.25) is 0 Å². The van der Waals surface area contributed by atoms with Crippen LogP contribution in [-0.2, 0) is 4.79 Å². The van der Waals surface area contributed by atoms with E-state index in [9.17, 15) is 4.79 Å². The first kappa shape index (κ1) is 5.07. The predicted octanol–water partition coefficient (Wildman–Crippen LogP) is 0.331. The zero-order valence-corrected chi connectivity index (χ0v) is 5.18. The second kappa shape index (κ2) is 1.61. The monoisotopic (exact) mass is 123 g/mol. The molecule has 48 valence electrons. The molecule has 0 aromatic rings. The van der Waals surface area contributed by atoms with Crippen LogP contribution in [0.5, 0.6) is 0 Å². The third-order valence-electron chi connectivity index (χ3n) is 2.23. The molecule has 2 nitrogen and oxygen atoms in total. The number of carbonyl (C=O) groups excluding carboxylic acids is 1. The van der Waals surface area contributed by atoms with Crippen LogP contribution in [-0.4, -0.2) is 12.5 Å². The summed E-state index contributed by atoms with van der Waals surface area (Å²) < 4.78 is 0. The van der Waals surface area contributed by atoms with Gasteiger partial charge in [0.2, 0.25) is 0 Å². The highest BCUT2D eigenvalue weighted by Gasteiger charge is 2.42. The van der Waals surface area contributed by atoms with E-state index < -0.39 is 0 Å². The smallest absolute Gasteiger partial charge is 0.145 e. The predicted molar refractivity (Wildman–Crippen MR) is 33.4 cm³/mol. The van der Waals surface area contributed by atoms with Gasteiger partial charge in [-0.2, -0.15) is 0 Å². The summed E-state index contributed by atoms with van der Waals surface area (Å²) in [7, 11) is 0. The van der Waals surface area contributed by atoms with Crippen molar-refractivity contribution in [2.75, 3.05) is 6.54 Å². The molecule has 2 fully saturated rings. The molecule has 0 radical (unpaired) electrons. The van der Waals surface area contributed by atoms with Crippen molar-refractivity contribution in [3.05, 3.63) is 5.70 Å². The Kier molecular flexibility index (Phi) is 0.908. The van der Waals surface area contributed by atoms with Crippen molar-refractivity contribution in [2.45, 2.75) is 12.8 Å². The molecule has 9 heavy (non-hydrogen) atoms. The van der Waals surface area contributed by atoms with Crippen LogP contribution in [0.25, 0.3) is 0 Å². The largest absolute Gasteiger partial charge is 0.379 e. The summed E-state index contributed by atoms with van der Waals surface area (Å²) >= 11 is 0. The van der Waals surface area contributed by atoms with Gasteiger partial charge in [-0.15, -0.1) is 0 Å². The SMILES string of the molecule is O=C=C1NCCC2CC12. The summed E-state index contributed by atoms with van der Waals surface area (Å²) in [5.41, 5.74) is 0.825. The molecule has 2 rings (SSSR count). The molecule has 0 amide bonds. The number of nitrogens with one attached hydrogen (secondary N) is 1. The molecule has 1 N–H and O–H groups in total. The van der Waals surface area contributed by atoms with Crippen LogP contribution >= 0.6 is 0 Å². The molecule has 2 atom stereocenters. The first-order valence-electron chi connectivity index (χ1n) is 3.40. The van der Waals surface area contributed by atoms with Gasteiger partial charge in [0, 0.05) is 12.5 Å². The van der Waals surface area contributed by atoms with Gasteiger partial charge >= 0.3 is 0 Å². The van der Waals surface area contributed by atoms with Gasteiger partial charge in [0.25, 0.3) is 0 Å². The van der Waals surface area contributed by atoms with Crippen LogP contribution in [0.1, 0.15) is 12.8 Å². The highest BCUT2D eigenvalue weighted by molar-refractivity contribution is 5.54. The number of hydrogen-bond donors (Lipinski definition) is 1. The Labute approximate surface area is 53.9 Å². The molecular weight excluding hydrogens is 114 g/mol. The van der Waals surface area contributed by atoms with Gasteiger partial charge in [-0.05, 0) is 18.8 Å². The van der Waals surface area contributed by atoms with Crippen LogP contribution in [0.4, 0.5) is 0 Å². The van der Waals surface area contributed by atoms with Crippen molar-refractivity contribution < 1.29 is 4.79 Å². The zero-order valence-electron chi connectivity index (χ0n) is 5.18. The Morgan fingerprint density at radius 1 is 1.67 bits per heavy atom. The minimum atomic E-state index is 0.566. The Bertz CT molecular complexity index is 181. The summed E-state index contributed by atoms with van der Waals surface area (Å²) in [5, 5.41) is 3.05. The second-order valence-corrected chi connectivity index (χ2v) is 2.83. The third kappa shape index (κ3) is 0.672. The lowest BCUT2D eigenvalue weighted by atomic mass is 10.1. The standard InChI is InChI=1S/C7H9NO/c9-4-7-6-3-5(6)1-2-8-7/h5-6,8H,1-3H2. The molecular formula is C7H9NO. The molecule has 1 saturated carbocycles. The van der Waals surface area contributed by atoms with Crippen LogP contribution in [0.15, 0.2) is 5.70 Å². The third-order valence-corrected chi connectivity index (χ3v) is 2.23. The number of piperidine rings is 1. The van der Waals surface area contributed by atoms with Crippen molar-refractivity contribution >= 4 is 5.94 Å². The van der Waals surface area contributed by atoms with E-state index in [1.807, 2.05) is 5.94 Å². The maximum atomic E-state index is 10.2. The minimum Gasteiger partial charge on any atom is -0.379 e. The lowest BCUT2D eigenvalue weighted by Gasteiger charge is -2.11. The molecule has 2 unspecified atom stereocenters.